The second-order valence-electron chi connectivity index (χ2n) is 5.99. The van der Waals surface area contributed by atoms with Gasteiger partial charge in [0, 0.05) is 5.70 Å². The molecule has 1 aliphatic heterocycles. The monoisotopic (exact) mass is 378 g/mol. The van der Waals surface area contributed by atoms with Crippen LogP contribution < -0.4 is 5.32 Å². The first kappa shape index (κ1) is 18.9. The number of amides is 2. The summed E-state index contributed by atoms with van der Waals surface area (Å²) in [7, 11) is 0. The van der Waals surface area contributed by atoms with Gasteiger partial charge < -0.3 is 9.84 Å². The van der Waals surface area contributed by atoms with Gasteiger partial charge in [0.1, 0.15) is 6.61 Å². The van der Waals surface area contributed by atoms with Crippen LogP contribution in [0.1, 0.15) is 11.1 Å². The summed E-state index contributed by atoms with van der Waals surface area (Å²) >= 11 is 0. The van der Waals surface area contributed by atoms with E-state index in [0.29, 0.717) is 17.0 Å². The van der Waals surface area contributed by atoms with Crippen molar-refractivity contribution in [3.05, 3.63) is 89.6 Å². The van der Waals surface area contributed by atoms with E-state index in [1.54, 1.807) is 36.4 Å². The number of ether oxygens (including phenoxy) is 1. The van der Waals surface area contributed by atoms with Crippen LogP contribution in [-0.4, -0.2) is 34.5 Å². The predicted molar refractivity (Wildman–Crippen MR) is 102 cm³/mol. The molecule has 7 nitrogen and oxygen atoms in total. The Morgan fingerprint density at radius 2 is 1.61 bits per heavy atom. The third kappa shape index (κ3) is 4.64. The van der Waals surface area contributed by atoms with Crippen molar-refractivity contribution in [2.45, 2.75) is 6.61 Å². The minimum atomic E-state index is -1.57. The molecule has 0 spiro atoms. The summed E-state index contributed by atoms with van der Waals surface area (Å²) in [5, 5.41) is 11.7. The number of benzene rings is 2. The number of carboxylic acid groups (broad SMARTS) is 1. The highest BCUT2D eigenvalue weighted by Crippen LogP contribution is 2.24. The third-order valence-electron chi connectivity index (χ3n) is 4.03. The molecule has 0 saturated heterocycles. The molecule has 0 unspecified atom stereocenters. The van der Waals surface area contributed by atoms with Crippen LogP contribution in [0.2, 0.25) is 0 Å². The second kappa shape index (κ2) is 8.68. The lowest BCUT2D eigenvalue weighted by Gasteiger charge is -2.28. The fourth-order valence-corrected chi connectivity index (χ4v) is 2.71. The van der Waals surface area contributed by atoms with E-state index < -0.39 is 18.0 Å². The minimum Gasteiger partial charge on any atom is -0.474 e. The predicted octanol–water partition coefficient (Wildman–Crippen LogP) is 2.76. The fraction of sp³-hybridized carbons (Fsp3) is 0.0952. The lowest BCUT2D eigenvalue weighted by molar-refractivity contribution is -0.153. The van der Waals surface area contributed by atoms with Crippen molar-refractivity contribution in [2.24, 2.45) is 0 Å². The number of nitrogens with zero attached hydrogens (tertiary/aromatic N) is 1. The van der Waals surface area contributed by atoms with E-state index in [-0.39, 0.29) is 13.2 Å². The maximum atomic E-state index is 12.1. The normalized spacial score (nSPS) is 13.2. The highest BCUT2D eigenvalue weighted by molar-refractivity contribution is 6.33. The molecule has 2 aromatic carbocycles. The van der Waals surface area contributed by atoms with Gasteiger partial charge in [0.05, 0.1) is 12.2 Å². The van der Waals surface area contributed by atoms with Crippen LogP contribution in [0.15, 0.2) is 78.5 Å². The molecule has 2 amide bonds. The highest BCUT2D eigenvalue weighted by atomic mass is 16.5. The van der Waals surface area contributed by atoms with Gasteiger partial charge in [-0.25, -0.2) is 9.59 Å². The van der Waals surface area contributed by atoms with Crippen LogP contribution in [0.4, 0.5) is 4.79 Å². The molecule has 0 radical (unpaired) electrons. The molecule has 0 bridgehead atoms. The molecule has 0 fully saturated rings. The summed E-state index contributed by atoms with van der Waals surface area (Å²) in [4.78, 5) is 36.5. The summed E-state index contributed by atoms with van der Waals surface area (Å²) in [6.07, 6.45) is 2.53. The van der Waals surface area contributed by atoms with Gasteiger partial charge in [-0.05, 0) is 23.3 Å². The largest absolute Gasteiger partial charge is 0.474 e. The van der Waals surface area contributed by atoms with Crippen molar-refractivity contribution in [3.8, 4) is 0 Å². The van der Waals surface area contributed by atoms with E-state index in [4.69, 9.17) is 9.84 Å². The van der Waals surface area contributed by atoms with Gasteiger partial charge in [-0.15, -0.1) is 0 Å². The van der Waals surface area contributed by atoms with Crippen molar-refractivity contribution in [1.82, 2.24) is 10.2 Å². The average molecular weight is 378 g/mol. The van der Waals surface area contributed by atoms with E-state index in [0.717, 1.165) is 10.5 Å². The summed E-state index contributed by atoms with van der Waals surface area (Å²) in [6.45, 7) is 0.00905. The van der Waals surface area contributed by atoms with Gasteiger partial charge in [0.15, 0.2) is 0 Å². The lowest BCUT2D eigenvalue weighted by Crippen LogP contribution is -2.41. The number of alkyl carbamates (subject to hydrolysis) is 1. The molecular weight excluding hydrogens is 360 g/mol. The first-order valence-corrected chi connectivity index (χ1v) is 8.53. The number of nitrogens with one attached hydrogen (secondary N) is 1. The van der Waals surface area contributed by atoms with E-state index in [1.807, 2.05) is 36.4 Å². The van der Waals surface area contributed by atoms with Crippen LogP contribution in [0.25, 0.3) is 5.70 Å². The Bertz CT molecular complexity index is 936. The van der Waals surface area contributed by atoms with E-state index in [1.165, 1.54) is 0 Å². The first-order valence-electron chi connectivity index (χ1n) is 8.53. The number of rotatable bonds is 4. The van der Waals surface area contributed by atoms with Gasteiger partial charge in [-0.2, -0.15) is 0 Å². The van der Waals surface area contributed by atoms with E-state index >= 15 is 0 Å². The molecule has 0 aromatic heterocycles. The van der Waals surface area contributed by atoms with Crippen molar-refractivity contribution < 1.29 is 24.2 Å². The topological polar surface area (TPSA) is 95.9 Å². The number of carbonyl (C=O) groups excluding carboxylic acids is 2. The molecule has 0 aliphatic carbocycles. The first-order chi connectivity index (χ1) is 13.5. The molecule has 2 aromatic rings. The van der Waals surface area contributed by atoms with Gasteiger partial charge in [0.2, 0.25) is 0 Å². The number of hydrogen-bond donors (Lipinski definition) is 2. The second-order valence-corrected chi connectivity index (χ2v) is 5.99. The standard InChI is InChI=1S/C21H18N2O5/c24-19(20(25)26)23-13-17(11-12-18(23)16-9-5-2-6-10-16)22-21(27)28-14-15-7-3-1-4-8-15/h1-12H,13-14H2,(H,22,27)(H,25,26). The SMILES string of the molecule is O=C(NC1=CC=C(c2ccccc2)N(C(=O)C(=O)O)C1)OCc1ccccc1. The highest BCUT2D eigenvalue weighted by Gasteiger charge is 2.28. The molecule has 0 saturated carbocycles. The van der Waals surface area contributed by atoms with Crippen LogP contribution in [-0.2, 0) is 20.9 Å². The number of carboxylic acids is 1. The van der Waals surface area contributed by atoms with Crippen LogP contribution in [0.5, 0.6) is 0 Å². The van der Waals surface area contributed by atoms with Crippen molar-refractivity contribution in [2.75, 3.05) is 6.54 Å². The van der Waals surface area contributed by atoms with Crippen molar-refractivity contribution in [1.29, 1.82) is 0 Å². The van der Waals surface area contributed by atoms with E-state index in [9.17, 15) is 14.4 Å². The Kier molecular flexibility index (Phi) is 5.86. The molecule has 28 heavy (non-hydrogen) atoms. The maximum Gasteiger partial charge on any atom is 0.411 e. The van der Waals surface area contributed by atoms with Gasteiger partial charge in [-0.3, -0.25) is 15.0 Å². The molecular formula is C21H18N2O5. The Morgan fingerprint density at radius 3 is 2.25 bits per heavy atom. The summed E-state index contributed by atoms with van der Waals surface area (Å²) in [5.41, 5.74) is 2.33. The molecule has 7 heteroatoms. The zero-order valence-electron chi connectivity index (χ0n) is 14.9. The zero-order valence-corrected chi connectivity index (χ0v) is 14.9. The smallest absolute Gasteiger partial charge is 0.411 e. The van der Waals surface area contributed by atoms with Crippen LogP contribution in [0.3, 0.4) is 0 Å². The lowest BCUT2D eigenvalue weighted by atomic mass is 10.1. The minimum absolute atomic E-state index is 0.0910. The van der Waals surface area contributed by atoms with Crippen LogP contribution >= 0.6 is 0 Å². The van der Waals surface area contributed by atoms with Gasteiger partial charge >= 0.3 is 18.0 Å². The molecule has 1 heterocycles. The summed E-state index contributed by atoms with van der Waals surface area (Å²) in [6, 6.07) is 18.1. The quantitative estimate of drug-likeness (QED) is 0.798. The fourth-order valence-electron chi connectivity index (χ4n) is 2.71. The molecule has 142 valence electrons. The van der Waals surface area contributed by atoms with Crippen molar-refractivity contribution in [3.63, 3.8) is 0 Å². The molecule has 0 atom stereocenters. The zero-order chi connectivity index (χ0) is 19.9. The Hall–Kier alpha value is -3.87. The van der Waals surface area contributed by atoms with Crippen LogP contribution in [0, 0.1) is 0 Å². The van der Waals surface area contributed by atoms with Gasteiger partial charge in [0.25, 0.3) is 0 Å². The Labute approximate surface area is 161 Å². The average Bonchev–Trinajstić information content (AvgIpc) is 2.73. The molecule has 2 N–H and O–H groups in total. The summed E-state index contributed by atoms with van der Waals surface area (Å²) in [5.74, 6) is -2.66. The third-order valence-corrected chi connectivity index (χ3v) is 4.03. The van der Waals surface area contributed by atoms with Gasteiger partial charge in [-0.1, -0.05) is 60.7 Å². The van der Waals surface area contributed by atoms with E-state index in [2.05, 4.69) is 5.32 Å². The number of carbonyl (C=O) groups is 3. The molecule has 1 aliphatic rings. The number of allylic oxidation sites excluding steroid dienone is 2. The Balaban J connectivity index is 1.72. The number of aliphatic carboxylic acids is 1. The summed E-state index contributed by atoms with van der Waals surface area (Å²) < 4.78 is 5.15. The van der Waals surface area contributed by atoms with Crippen molar-refractivity contribution >= 4 is 23.7 Å². The molecule has 3 rings (SSSR count). The maximum absolute atomic E-state index is 12.1. The Morgan fingerprint density at radius 1 is 0.964 bits per heavy atom. The number of hydrogen-bond acceptors (Lipinski definition) is 4.